The van der Waals surface area contributed by atoms with Gasteiger partial charge in [-0.15, -0.1) is 0 Å². The largest absolute Gasteiger partial charge is 0.355 e. The number of hydrogen-bond acceptors (Lipinski definition) is 2. The highest BCUT2D eigenvalue weighted by Gasteiger charge is 2.04. The Morgan fingerprint density at radius 3 is 3.00 bits per heavy atom. The smallest absolute Gasteiger partial charge is 0.207 e. The lowest BCUT2D eigenvalue weighted by Gasteiger charge is -2.05. The summed E-state index contributed by atoms with van der Waals surface area (Å²) in [7, 11) is 0. The van der Waals surface area contributed by atoms with Crippen LogP contribution in [-0.4, -0.2) is 16.6 Å². The van der Waals surface area contributed by atoms with E-state index in [1.807, 2.05) is 18.2 Å². The van der Waals surface area contributed by atoms with Crippen molar-refractivity contribution in [1.29, 1.82) is 0 Å². The number of carbonyl (C=O) groups excluding carboxylic acids is 1. The molecular weight excluding hydrogens is 226 g/mol. The van der Waals surface area contributed by atoms with Crippen LogP contribution in [0.5, 0.6) is 0 Å². The normalized spacial score (nSPS) is 10.1. The monoisotopic (exact) mass is 235 g/mol. The van der Waals surface area contributed by atoms with Crippen LogP contribution >= 0.6 is 11.6 Å². The third-order valence-electron chi connectivity index (χ3n) is 2.23. The molecule has 2 N–H and O–H groups in total. The van der Waals surface area contributed by atoms with Gasteiger partial charge in [-0.1, -0.05) is 17.7 Å². The second-order valence-electron chi connectivity index (χ2n) is 3.28. The molecular formula is C11H10ClN3O. The standard InChI is InChI=1S/C11H10ClN3O/c12-10-2-1-8(11-3-4-14-15-11)5-9(10)6-13-7-16/h1-5,7H,6H2,(H,13,16)(H,14,15). The number of aromatic nitrogens is 2. The molecule has 2 aromatic rings. The Balaban J connectivity index is 2.31. The number of nitrogens with zero attached hydrogens (tertiary/aromatic N) is 1. The molecule has 0 unspecified atom stereocenters. The summed E-state index contributed by atoms with van der Waals surface area (Å²) >= 11 is 6.01. The van der Waals surface area contributed by atoms with E-state index in [2.05, 4.69) is 15.5 Å². The van der Waals surface area contributed by atoms with Crippen LogP contribution in [0.4, 0.5) is 0 Å². The van der Waals surface area contributed by atoms with Crippen molar-refractivity contribution >= 4 is 18.0 Å². The number of nitrogens with one attached hydrogen (secondary N) is 2. The van der Waals surface area contributed by atoms with E-state index in [1.54, 1.807) is 12.3 Å². The molecule has 1 heterocycles. The van der Waals surface area contributed by atoms with Crippen molar-refractivity contribution in [3.8, 4) is 11.3 Å². The van der Waals surface area contributed by atoms with Gasteiger partial charge in [-0.05, 0) is 29.3 Å². The maximum Gasteiger partial charge on any atom is 0.207 e. The zero-order valence-electron chi connectivity index (χ0n) is 8.40. The minimum Gasteiger partial charge on any atom is -0.355 e. The van der Waals surface area contributed by atoms with Crippen LogP contribution in [0.3, 0.4) is 0 Å². The number of rotatable bonds is 4. The molecule has 0 saturated heterocycles. The lowest BCUT2D eigenvalue weighted by molar-refractivity contribution is -0.109. The highest BCUT2D eigenvalue weighted by atomic mass is 35.5. The van der Waals surface area contributed by atoms with Gasteiger partial charge in [0.25, 0.3) is 0 Å². The molecule has 82 valence electrons. The molecule has 1 aromatic heterocycles. The molecule has 0 aliphatic rings. The van der Waals surface area contributed by atoms with Gasteiger partial charge in [-0.2, -0.15) is 5.10 Å². The Bertz CT molecular complexity index is 482. The number of benzene rings is 1. The van der Waals surface area contributed by atoms with Gasteiger partial charge in [0.15, 0.2) is 0 Å². The van der Waals surface area contributed by atoms with Gasteiger partial charge in [0.05, 0.1) is 5.69 Å². The van der Waals surface area contributed by atoms with Crippen molar-refractivity contribution in [2.24, 2.45) is 0 Å². The third-order valence-corrected chi connectivity index (χ3v) is 2.60. The van der Waals surface area contributed by atoms with Crippen LogP contribution in [0.15, 0.2) is 30.5 Å². The maximum atomic E-state index is 10.2. The molecule has 0 radical (unpaired) electrons. The van der Waals surface area contributed by atoms with Crippen LogP contribution in [-0.2, 0) is 11.3 Å². The Morgan fingerprint density at radius 1 is 1.44 bits per heavy atom. The van der Waals surface area contributed by atoms with Crippen LogP contribution < -0.4 is 5.32 Å². The number of carbonyl (C=O) groups is 1. The fraction of sp³-hybridized carbons (Fsp3) is 0.0909. The second-order valence-corrected chi connectivity index (χ2v) is 3.68. The highest BCUT2D eigenvalue weighted by molar-refractivity contribution is 6.31. The Morgan fingerprint density at radius 2 is 2.31 bits per heavy atom. The van der Waals surface area contributed by atoms with E-state index < -0.39 is 0 Å². The van der Waals surface area contributed by atoms with Gasteiger partial charge in [0.2, 0.25) is 6.41 Å². The molecule has 0 aliphatic carbocycles. The second kappa shape index (κ2) is 4.81. The van der Waals surface area contributed by atoms with Gasteiger partial charge in [-0.3, -0.25) is 9.89 Å². The molecule has 0 spiro atoms. The summed E-state index contributed by atoms with van der Waals surface area (Å²) in [5, 5.41) is 9.98. The molecule has 2 rings (SSSR count). The van der Waals surface area contributed by atoms with Gasteiger partial charge >= 0.3 is 0 Å². The predicted molar refractivity (Wildman–Crippen MR) is 61.9 cm³/mol. The number of hydrogen-bond donors (Lipinski definition) is 2. The van der Waals surface area contributed by atoms with Gasteiger partial charge in [0, 0.05) is 17.8 Å². The molecule has 16 heavy (non-hydrogen) atoms. The number of halogens is 1. The molecule has 0 aliphatic heterocycles. The summed E-state index contributed by atoms with van der Waals surface area (Å²) in [6.07, 6.45) is 2.34. The highest BCUT2D eigenvalue weighted by Crippen LogP contribution is 2.23. The summed E-state index contributed by atoms with van der Waals surface area (Å²) in [6.45, 7) is 0.421. The molecule has 5 heteroatoms. The van der Waals surface area contributed by atoms with Crippen molar-refractivity contribution in [3.63, 3.8) is 0 Å². The van der Waals surface area contributed by atoms with E-state index in [-0.39, 0.29) is 0 Å². The van der Waals surface area contributed by atoms with E-state index in [1.165, 1.54) is 0 Å². The zero-order valence-corrected chi connectivity index (χ0v) is 9.16. The molecule has 1 aromatic carbocycles. The van der Waals surface area contributed by atoms with E-state index in [4.69, 9.17) is 11.6 Å². The topological polar surface area (TPSA) is 57.8 Å². The number of amides is 1. The van der Waals surface area contributed by atoms with Crippen LogP contribution in [0.1, 0.15) is 5.56 Å². The first kappa shape index (κ1) is 10.7. The first-order valence-electron chi connectivity index (χ1n) is 4.76. The molecule has 0 bridgehead atoms. The Labute approximate surface area is 97.6 Å². The summed E-state index contributed by atoms with van der Waals surface area (Å²) < 4.78 is 0. The van der Waals surface area contributed by atoms with E-state index in [9.17, 15) is 4.79 Å². The van der Waals surface area contributed by atoms with Crippen molar-refractivity contribution in [1.82, 2.24) is 15.5 Å². The summed E-state index contributed by atoms with van der Waals surface area (Å²) in [5.74, 6) is 0. The van der Waals surface area contributed by atoms with E-state index in [0.29, 0.717) is 18.0 Å². The summed E-state index contributed by atoms with van der Waals surface area (Å²) in [6, 6.07) is 7.51. The molecule has 4 nitrogen and oxygen atoms in total. The zero-order chi connectivity index (χ0) is 11.4. The van der Waals surface area contributed by atoms with Crippen molar-refractivity contribution in [3.05, 3.63) is 41.0 Å². The average molecular weight is 236 g/mol. The third kappa shape index (κ3) is 2.23. The fourth-order valence-electron chi connectivity index (χ4n) is 1.45. The molecule has 1 amide bonds. The van der Waals surface area contributed by atoms with Crippen LogP contribution in [0, 0.1) is 0 Å². The van der Waals surface area contributed by atoms with Crippen LogP contribution in [0.2, 0.25) is 5.02 Å². The number of H-pyrrole nitrogens is 1. The number of aromatic amines is 1. The minimum absolute atomic E-state index is 0.421. The summed E-state index contributed by atoms with van der Waals surface area (Å²) in [4.78, 5) is 10.2. The SMILES string of the molecule is O=CNCc1cc(-c2ccn[nH]2)ccc1Cl. The lowest BCUT2D eigenvalue weighted by Crippen LogP contribution is -2.10. The average Bonchev–Trinajstić information content (AvgIpc) is 2.81. The predicted octanol–water partition coefficient (Wildman–Crippen LogP) is 1.98. The Kier molecular flexibility index (Phi) is 3.22. The fourth-order valence-corrected chi connectivity index (χ4v) is 1.63. The molecule has 0 atom stereocenters. The Hall–Kier alpha value is -1.81. The minimum atomic E-state index is 0.421. The van der Waals surface area contributed by atoms with Gasteiger partial charge in [0.1, 0.15) is 0 Å². The van der Waals surface area contributed by atoms with E-state index >= 15 is 0 Å². The van der Waals surface area contributed by atoms with E-state index in [0.717, 1.165) is 16.8 Å². The van der Waals surface area contributed by atoms with Gasteiger partial charge in [-0.25, -0.2) is 0 Å². The summed E-state index contributed by atoms with van der Waals surface area (Å²) in [5.41, 5.74) is 2.79. The molecule has 0 saturated carbocycles. The lowest BCUT2D eigenvalue weighted by atomic mass is 10.1. The quantitative estimate of drug-likeness (QED) is 0.797. The van der Waals surface area contributed by atoms with Crippen molar-refractivity contribution in [2.45, 2.75) is 6.54 Å². The maximum absolute atomic E-state index is 10.2. The first-order chi connectivity index (χ1) is 7.81. The first-order valence-corrected chi connectivity index (χ1v) is 5.14. The molecule has 0 fully saturated rings. The van der Waals surface area contributed by atoms with Crippen molar-refractivity contribution in [2.75, 3.05) is 0 Å². The van der Waals surface area contributed by atoms with Gasteiger partial charge < -0.3 is 5.32 Å². The van der Waals surface area contributed by atoms with Crippen LogP contribution in [0.25, 0.3) is 11.3 Å². The van der Waals surface area contributed by atoms with Crippen molar-refractivity contribution < 1.29 is 4.79 Å².